The molecule has 0 bridgehead atoms. The first-order chi connectivity index (χ1) is 55.9. The van der Waals surface area contributed by atoms with Crippen molar-refractivity contribution in [2.24, 2.45) is 46.2 Å². The Labute approximate surface area is 679 Å². The summed E-state index contributed by atoms with van der Waals surface area (Å²) in [7, 11) is 0. The summed E-state index contributed by atoms with van der Waals surface area (Å²) >= 11 is 0. The number of urea groups is 1. The van der Waals surface area contributed by atoms with Gasteiger partial charge in [0.25, 0.3) is 0 Å². The number of hydrogen-bond acceptors (Lipinski definition) is 27. The Morgan fingerprint density at radius 1 is 0.795 bits per heavy atom. The number of primary amides is 1. The van der Waals surface area contributed by atoms with Gasteiger partial charge in [-0.25, -0.2) is 13.6 Å². The third kappa shape index (κ3) is 21.3. The lowest BCUT2D eigenvalue weighted by Gasteiger charge is -2.63. The number of benzene rings is 1. The summed E-state index contributed by atoms with van der Waals surface area (Å²) in [5, 5.41) is 69.2. The number of hydrogen-bond donors (Lipinski definition) is 13. The molecule has 34 nitrogen and oxygen atoms in total. The van der Waals surface area contributed by atoms with Crippen molar-refractivity contribution in [1.82, 2.24) is 42.1 Å². The highest BCUT2D eigenvalue weighted by molar-refractivity contribution is 6.03. The van der Waals surface area contributed by atoms with Gasteiger partial charge in [0.2, 0.25) is 41.2 Å². The second-order valence-corrected chi connectivity index (χ2v) is 32.8. The number of rotatable bonds is 44. The Bertz CT molecular complexity index is 3750. The second-order valence-electron chi connectivity index (χ2n) is 32.8. The molecule has 3 saturated carbocycles. The number of unbranched alkanes of at least 4 members (excludes halogenated alkanes) is 1. The molecule has 8 amide bonds. The van der Waals surface area contributed by atoms with Crippen LogP contribution in [-0.4, -0.2) is 271 Å². The predicted octanol–water partition coefficient (Wildman–Crippen LogP) is 2.26. The summed E-state index contributed by atoms with van der Waals surface area (Å²) in [6, 6.07) is 2.89. The van der Waals surface area contributed by atoms with Crippen LogP contribution in [0.4, 0.5) is 19.3 Å². The number of halogens is 2. The van der Waals surface area contributed by atoms with E-state index >= 15 is 13.6 Å². The summed E-state index contributed by atoms with van der Waals surface area (Å²) in [6.07, 6.45) is -4.46. The molecule has 117 heavy (non-hydrogen) atoms. The number of ketones is 3. The average molecular weight is 1660 g/mol. The number of fused-ring (bicyclic) bond motifs is 7. The molecule has 36 heteroatoms. The number of allylic oxidation sites excluding steroid dienone is 5. The topological polar surface area (TPSA) is 472 Å². The van der Waals surface area contributed by atoms with Crippen LogP contribution in [0.5, 0.6) is 5.75 Å². The van der Waals surface area contributed by atoms with Gasteiger partial charge in [0.05, 0.1) is 95.7 Å². The van der Waals surface area contributed by atoms with Gasteiger partial charge in [0.1, 0.15) is 61.7 Å². The number of likely N-dealkylation sites (tertiary alicyclic amines) is 1. The third-order valence-electron chi connectivity index (χ3n) is 24.6. The normalized spacial score (nSPS) is 31.3. The molecule has 0 radical (unpaired) electrons. The van der Waals surface area contributed by atoms with Gasteiger partial charge in [-0.15, -0.1) is 5.53 Å². The minimum atomic E-state index is -2.40. The van der Waals surface area contributed by atoms with Crippen LogP contribution < -0.4 is 48.0 Å². The van der Waals surface area contributed by atoms with Crippen molar-refractivity contribution >= 4 is 64.5 Å². The minimum Gasteiger partial charge on any atom is -0.486 e. The molecule has 6 fully saturated rings. The largest absolute Gasteiger partial charge is 0.486 e. The zero-order chi connectivity index (χ0) is 84.5. The van der Waals surface area contributed by atoms with Gasteiger partial charge in [0.15, 0.2) is 35.4 Å². The number of amides is 8. The van der Waals surface area contributed by atoms with Gasteiger partial charge < -0.3 is 106 Å². The van der Waals surface area contributed by atoms with E-state index in [1.807, 2.05) is 6.92 Å². The second kappa shape index (κ2) is 41.6. The van der Waals surface area contributed by atoms with E-state index in [0.29, 0.717) is 43.5 Å². The lowest BCUT2D eigenvalue weighted by atomic mass is 9.44. The Kier molecular flexibility index (Phi) is 32.6. The Morgan fingerprint density at radius 2 is 1.50 bits per heavy atom. The molecule has 4 heterocycles. The number of hydrazine groups is 2. The lowest BCUT2D eigenvalue weighted by Crippen LogP contribution is -2.71. The van der Waals surface area contributed by atoms with Gasteiger partial charge in [-0.3, -0.25) is 53.1 Å². The maximum Gasteiger partial charge on any atom is 0.312 e. The maximum atomic E-state index is 18.1. The van der Waals surface area contributed by atoms with Crippen molar-refractivity contribution in [2.75, 3.05) is 97.6 Å². The standard InChI is InChI=1S/C81H120F2N10O24/c1-7-14-67-116-63-41-52-53-40-55(82)54-39-50(95)23-25-78(54,5)80(53,83)61(97)42-79(52,6)81(63,117-67)62(98)44-113-51-21-19-49(20-22-51)87-73(105)48(15-13-27-86-77(84)108)38-58(96)68(46(2)3)89-74(106)56(88-64(99)24-29-109-31-33-111-35-36-112-34-32-110-30-28-92-66(101)37-47(4)75(92)107)16-11-12-26-85-65(100)45-114-59-18-10-8-9-17-57-69(59)90-91-93(57)76-72(104)71(103)70(102)60(43-94)115-76/h19-23,25,39,46-48,52-53,55-56,59-61,63,67-68,70-72,76,90-91,94,97,102-104H,7-18,24,26-38,40-45H2,1-6H3,(H,85,100)(H,87,105)(H,88,99)(H,89,106)(H3,84,86,108)/t47?,48-,52+,53+,55+,56-,59?,60-,61+,63-,67?,68+,70+,71+,72-,76-,78+,79+,80+,81-/m1/s1. The van der Waals surface area contributed by atoms with Crippen LogP contribution in [-0.2, 0) is 81.0 Å². The molecule has 4 aliphatic heterocycles. The Hall–Kier alpha value is -7.56. The Morgan fingerprint density at radius 3 is 2.17 bits per heavy atom. The highest BCUT2D eigenvalue weighted by Crippen LogP contribution is 2.72. The fourth-order valence-electron chi connectivity index (χ4n) is 18.3. The molecular weight excluding hydrogens is 1530 g/mol. The van der Waals surface area contributed by atoms with Crippen LogP contribution >= 0.6 is 0 Å². The number of carbonyl (C=O) groups excluding carboxylic acids is 10. The number of nitrogens with zero attached hydrogens (tertiary/aromatic N) is 2. The van der Waals surface area contributed by atoms with E-state index in [9.17, 15) is 68.7 Å². The van der Waals surface area contributed by atoms with E-state index < -0.39 is 179 Å². The molecule has 3 unspecified atom stereocenters. The summed E-state index contributed by atoms with van der Waals surface area (Å²) in [5.74, 6) is -7.71. The summed E-state index contributed by atoms with van der Waals surface area (Å²) in [5.41, 5.74) is 5.85. The zero-order valence-electron chi connectivity index (χ0n) is 67.7. The van der Waals surface area contributed by atoms with Gasteiger partial charge in [-0.1, -0.05) is 60.0 Å². The molecule has 14 N–H and O–H groups in total. The van der Waals surface area contributed by atoms with E-state index in [0.717, 1.165) is 25.3 Å². The molecule has 10 rings (SSSR count). The lowest BCUT2D eigenvalue weighted by molar-refractivity contribution is -0.266. The summed E-state index contributed by atoms with van der Waals surface area (Å²) < 4.78 is 88.1. The summed E-state index contributed by atoms with van der Waals surface area (Å²) in [6.45, 7) is 10.6. The van der Waals surface area contributed by atoms with Crippen molar-refractivity contribution < 1.29 is 125 Å². The maximum absolute atomic E-state index is 18.1. The van der Waals surface area contributed by atoms with Gasteiger partial charge in [-0.2, -0.15) is 0 Å². The quantitative estimate of drug-likeness (QED) is 0.0329. The minimum absolute atomic E-state index is 0.0228. The number of carbonyl (C=O) groups is 10. The molecule has 0 aromatic heterocycles. The van der Waals surface area contributed by atoms with Crippen LogP contribution in [0.2, 0.25) is 0 Å². The van der Waals surface area contributed by atoms with E-state index in [4.69, 9.17) is 48.4 Å². The van der Waals surface area contributed by atoms with Crippen molar-refractivity contribution in [1.29, 1.82) is 0 Å². The number of aliphatic hydroxyl groups excluding tert-OH is 5. The third-order valence-corrected chi connectivity index (χ3v) is 24.6. The smallest absolute Gasteiger partial charge is 0.312 e. The molecule has 9 aliphatic rings. The highest BCUT2D eigenvalue weighted by atomic mass is 19.1. The summed E-state index contributed by atoms with van der Waals surface area (Å²) in [4.78, 5) is 135. The number of Topliss-reactive ketones (excluding diaryl/α,β-unsaturated/α-hetero) is 2. The fourth-order valence-corrected chi connectivity index (χ4v) is 18.3. The van der Waals surface area contributed by atoms with Gasteiger partial charge in [0, 0.05) is 66.6 Å². The van der Waals surface area contributed by atoms with Crippen LogP contribution in [0.15, 0.2) is 59.5 Å². The van der Waals surface area contributed by atoms with Crippen molar-refractivity contribution in [2.45, 2.75) is 242 Å². The molecule has 5 aliphatic carbocycles. The number of nitrogens with one attached hydrogen (secondary N) is 7. The molecule has 1 aromatic carbocycles. The first-order valence-corrected chi connectivity index (χ1v) is 41.3. The van der Waals surface area contributed by atoms with E-state index in [2.05, 4.69) is 37.5 Å². The van der Waals surface area contributed by atoms with Crippen molar-refractivity contribution in [3.05, 3.63) is 59.5 Å². The fraction of sp³-hybridized carbons (Fsp3) is 0.728. The van der Waals surface area contributed by atoms with Crippen LogP contribution in [0.25, 0.3) is 0 Å². The van der Waals surface area contributed by atoms with Crippen LogP contribution in [0.1, 0.15) is 157 Å². The molecule has 20 atom stereocenters. The number of nitrogens with two attached hydrogens (primary N) is 1. The monoisotopic (exact) mass is 1650 g/mol. The van der Waals surface area contributed by atoms with E-state index in [1.54, 1.807) is 27.7 Å². The van der Waals surface area contributed by atoms with Crippen molar-refractivity contribution in [3.63, 3.8) is 0 Å². The first-order valence-electron chi connectivity index (χ1n) is 41.3. The van der Waals surface area contributed by atoms with Gasteiger partial charge >= 0.3 is 6.03 Å². The van der Waals surface area contributed by atoms with Crippen LogP contribution in [0.3, 0.4) is 0 Å². The predicted molar refractivity (Wildman–Crippen MR) is 413 cm³/mol. The number of alkyl halides is 2. The van der Waals surface area contributed by atoms with E-state index in [1.165, 1.54) is 53.3 Å². The highest BCUT2D eigenvalue weighted by Gasteiger charge is 2.80. The van der Waals surface area contributed by atoms with Crippen molar-refractivity contribution in [3.8, 4) is 5.75 Å². The number of imide groups is 1. The number of aliphatic hydroxyl groups is 5. The van der Waals surface area contributed by atoms with Crippen LogP contribution in [0, 0.1) is 40.4 Å². The molecule has 1 aromatic rings. The number of ether oxygens (including phenoxy) is 9. The number of anilines is 1. The SMILES string of the molecule is CCCC1O[C@@H]2C[C@H]3[C@@H]4C[C@H](F)C5=CC(=O)C=C[C@]5(C)[C@@]4(F)[C@@H](O)C[C@]3(C)[C@]2(C(=O)COc2ccc(NC(=O)[C@H](CCCNC(N)=O)CC(=O)[C@@H](NC(=O)[C@@H](CCCCNC(=O)COC3CCCCCC4=C3NNN4[C@@H]3O[C@H](CO)[C@H](O)[C@H](O)[C@H]3O)NC(=O)CCOCCOCCOCCOCCN3C(=O)CC(C)C3=O)C(C)C)cc2)O1. The first kappa shape index (κ1) is 91.7. The zero-order valence-corrected chi connectivity index (χ0v) is 67.7. The molecular formula is C81H120F2N10O24. The molecule has 652 valence electrons. The molecule has 3 saturated heterocycles. The molecule has 0 spiro atoms. The Balaban J connectivity index is 0.735. The van der Waals surface area contributed by atoms with E-state index in [-0.39, 0.29) is 178 Å². The van der Waals surface area contributed by atoms with Gasteiger partial charge in [-0.05, 0) is 138 Å². The average Bonchev–Trinajstić information content (AvgIpc) is 1.53.